The van der Waals surface area contributed by atoms with E-state index >= 15 is 0 Å². The molecule has 3 nitrogen and oxygen atoms in total. The van der Waals surface area contributed by atoms with Crippen molar-refractivity contribution in [3.63, 3.8) is 0 Å². The van der Waals surface area contributed by atoms with Crippen LogP contribution < -0.4 is 0 Å². The van der Waals surface area contributed by atoms with Gasteiger partial charge < -0.3 is 10.0 Å². The zero-order valence-corrected chi connectivity index (χ0v) is 10.1. The summed E-state index contributed by atoms with van der Waals surface area (Å²) in [6.45, 7) is 8.93. The van der Waals surface area contributed by atoms with Gasteiger partial charge in [0.25, 0.3) is 0 Å². The summed E-state index contributed by atoms with van der Waals surface area (Å²) in [4.78, 5) is 13.0. The second kappa shape index (κ2) is 5.73. The van der Waals surface area contributed by atoms with Crippen LogP contribution in [0.4, 0.5) is 0 Å². The molecule has 1 heterocycles. The first-order valence-corrected chi connectivity index (χ1v) is 5.87. The molecule has 0 bridgehead atoms. The lowest BCUT2D eigenvalue weighted by Crippen LogP contribution is -2.27. The van der Waals surface area contributed by atoms with Gasteiger partial charge in [0.2, 0.25) is 0 Å². The van der Waals surface area contributed by atoms with Crippen LogP contribution in [-0.4, -0.2) is 28.6 Å². The molecule has 0 saturated carbocycles. The maximum absolute atomic E-state index is 10.8. The van der Waals surface area contributed by atoms with Crippen molar-refractivity contribution in [2.45, 2.75) is 39.2 Å². The van der Waals surface area contributed by atoms with Crippen LogP contribution in [0, 0.1) is 5.92 Å². The number of likely N-dealkylation sites (tertiary alicyclic amines) is 1. The molecule has 0 spiro atoms. The van der Waals surface area contributed by atoms with Crippen molar-refractivity contribution in [1.29, 1.82) is 0 Å². The van der Waals surface area contributed by atoms with Crippen molar-refractivity contribution in [2.24, 2.45) is 5.92 Å². The monoisotopic (exact) mass is 223 g/mol. The van der Waals surface area contributed by atoms with Gasteiger partial charge in [-0.25, -0.2) is 4.79 Å². The van der Waals surface area contributed by atoms with Crippen molar-refractivity contribution in [3.8, 4) is 0 Å². The number of hydrogen-bond donors (Lipinski definition) is 1. The Morgan fingerprint density at radius 1 is 1.69 bits per heavy atom. The van der Waals surface area contributed by atoms with E-state index in [9.17, 15) is 4.79 Å². The van der Waals surface area contributed by atoms with E-state index in [0.29, 0.717) is 12.0 Å². The fourth-order valence-electron chi connectivity index (χ4n) is 2.17. The topological polar surface area (TPSA) is 40.5 Å². The van der Waals surface area contributed by atoms with Crippen LogP contribution >= 0.6 is 0 Å². The normalized spacial score (nSPS) is 23.2. The molecule has 0 aromatic rings. The highest BCUT2D eigenvalue weighted by atomic mass is 16.4. The summed E-state index contributed by atoms with van der Waals surface area (Å²) in [5.41, 5.74) is 0.935. The Bertz CT molecular complexity index is 296. The molecule has 0 radical (unpaired) electrons. The third kappa shape index (κ3) is 3.40. The Balaban J connectivity index is 2.78. The van der Waals surface area contributed by atoms with E-state index in [4.69, 9.17) is 5.11 Å². The fraction of sp³-hybridized carbons (Fsp3) is 0.615. The van der Waals surface area contributed by atoms with Crippen molar-refractivity contribution in [1.82, 2.24) is 4.90 Å². The van der Waals surface area contributed by atoms with Gasteiger partial charge in [-0.2, -0.15) is 0 Å². The first kappa shape index (κ1) is 12.8. The van der Waals surface area contributed by atoms with E-state index in [1.54, 1.807) is 0 Å². The molecule has 1 aliphatic rings. The number of carboxylic acids is 1. The summed E-state index contributed by atoms with van der Waals surface area (Å²) < 4.78 is 0. The molecule has 0 aromatic heterocycles. The van der Waals surface area contributed by atoms with Gasteiger partial charge in [-0.05, 0) is 32.1 Å². The number of allylic oxidation sites excluding steroid dienone is 2. The minimum atomic E-state index is -0.856. The van der Waals surface area contributed by atoms with E-state index in [1.165, 1.54) is 6.08 Å². The molecule has 2 unspecified atom stereocenters. The van der Waals surface area contributed by atoms with Crippen molar-refractivity contribution < 1.29 is 9.90 Å². The minimum Gasteiger partial charge on any atom is -0.478 e. The number of rotatable bonds is 5. The van der Waals surface area contributed by atoms with E-state index in [1.807, 2.05) is 6.08 Å². The first-order valence-electron chi connectivity index (χ1n) is 5.87. The van der Waals surface area contributed by atoms with Crippen LogP contribution in [0.5, 0.6) is 0 Å². The van der Waals surface area contributed by atoms with E-state index in [2.05, 4.69) is 25.3 Å². The second-order valence-corrected chi connectivity index (χ2v) is 4.58. The number of hydrogen-bond acceptors (Lipinski definition) is 2. The smallest absolute Gasteiger partial charge is 0.330 e. The van der Waals surface area contributed by atoms with Crippen LogP contribution in [0.3, 0.4) is 0 Å². The van der Waals surface area contributed by atoms with Gasteiger partial charge in [0, 0.05) is 24.4 Å². The molecule has 1 rings (SSSR count). The number of carboxylic acid groups (broad SMARTS) is 1. The molecule has 90 valence electrons. The van der Waals surface area contributed by atoms with Gasteiger partial charge in [-0.3, -0.25) is 0 Å². The summed E-state index contributed by atoms with van der Waals surface area (Å²) in [7, 11) is 0. The highest BCUT2D eigenvalue weighted by Crippen LogP contribution is 2.26. The molecular formula is C13H21NO2. The Hall–Kier alpha value is -1.25. The van der Waals surface area contributed by atoms with Gasteiger partial charge in [-0.1, -0.05) is 13.0 Å². The molecule has 1 N–H and O–H groups in total. The molecule has 1 saturated heterocycles. The van der Waals surface area contributed by atoms with Gasteiger partial charge in [0.05, 0.1) is 0 Å². The van der Waals surface area contributed by atoms with Crippen LogP contribution in [0.1, 0.15) is 33.1 Å². The lowest BCUT2D eigenvalue weighted by Gasteiger charge is -2.27. The van der Waals surface area contributed by atoms with E-state index < -0.39 is 5.97 Å². The summed E-state index contributed by atoms with van der Waals surface area (Å²) >= 11 is 0. The van der Waals surface area contributed by atoms with Gasteiger partial charge >= 0.3 is 5.97 Å². The van der Waals surface area contributed by atoms with Crippen LogP contribution in [0.2, 0.25) is 0 Å². The van der Waals surface area contributed by atoms with Crippen molar-refractivity contribution in [2.75, 3.05) is 6.54 Å². The predicted octanol–water partition coefficient (Wildman–Crippen LogP) is 2.65. The highest BCUT2D eigenvalue weighted by Gasteiger charge is 2.23. The molecule has 16 heavy (non-hydrogen) atoms. The number of aliphatic carboxylic acids is 1. The van der Waals surface area contributed by atoms with Gasteiger partial charge in [0.15, 0.2) is 0 Å². The minimum absolute atomic E-state index is 0.318. The lowest BCUT2D eigenvalue weighted by atomic mass is 10.0. The van der Waals surface area contributed by atoms with Gasteiger partial charge in [-0.15, -0.1) is 6.58 Å². The molecule has 1 fully saturated rings. The average molecular weight is 223 g/mol. The number of nitrogens with zero attached hydrogens (tertiary/aromatic N) is 1. The van der Waals surface area contributed by atoms with Gasteiger partial charge in [0.1, 0.15) is 0 Å². The summed E-state index contributed by atoms with van der Waals surface area (Å²) in [6, 6.07) is 0.461. The fourth-order valence-corrected chi connectivity index (χ4v) is 2.17. The Kier molecular flexibility index (Phi) is 4.59. The average Bonchev–Trinajstić information content (AvgIpc) is 2.62. The summed E-state index contributed by atoms with van der Waals surface area (Å²) in [5.74, 6) is -0.538. The zero-order chi connectivity index (χ0) is 12.1. The SMILES string of the molecule is C=CC(C)CC(=CC(=O)O)N1CCCC1C. The molecule has 2 atom stereocenters. The molecule has 0 aromatic carbocycles. The maximum Gasteiger partial charge on any atom is 0.330 e. The van der Waals surface area contributed by atoms with Crippen molar-refractivity contribution in [3.05, 3.63) is 24.4 Å². The van der Waals surface area contributed by atoms with E-state index in [-0.39, 0.29) is 0 Å². The zero-order valence-electron chi connectivity index (χ0n) is 10.1. The quantitative estimate of drug-likeness (QED) is 0.575. The third-order valence-corrected chi connectivity index (χ3v) is 3.15. The highest BCUT2D eigenvalue weighted by molar-refractivity contribution is 5.80. The molecule has 1 aliphatic heterocycles. The molecular weight excluding hydrogens is 202 g/mol. The Morgan fingerprint density at radius 3 is 2.81 bits per heavy atom. The third-order valence-electron chi connectivity index (χ3n) is 3.15. The number of carbonyl (C=O) groups is 1. The standard InChI is InChI=1S/C13H21NO2/c1-4-10(2)8-12(9-13(15)16)14-7-5-6-11(14)3/h4,9-11H,1,5-8H2,2-3H3,(H,15,16). The van der Waals surface area contributed by atoms with Crippen LogP contribution in [-0.2, 0) is 4.79 Å². The van der Waals surface area contributed by atoms with Crippen LogP contribution in [0.25, 0.3) is 0 Å². The Labute approximate surface area is 97.4 Å². The maximum atomic E-state index is 10.8. The van der Waals surface area contributed by atoms with Crippen molar-refractivity contribution >= 4 is 5.97 Å². The predicted molar refractivity (Wildman–Crippen MR) is 65.1 cm³/mol. The second-order valence-electron chi connectivity index (χ2n) is 4.58. The van der Waals surface area contributed by atoms with Crippen LogP contribution in [0.15, 0.2) is 24.4 Å². The molecule has 0 amide bonds. The lowest BCUT2D eigenvalue weighted by molar-refractivity contribution is -0.131. The summed E-state index contributed by atoms with van der Waals surface area (Å²) in [6.07, 6.45) is 6.29. The largest absolute Gasteiger partial charge is 0.478 e. The molecule has 3 heteroatoms. The molecule has 0 aliphatic carbocycles. The first-order chi connectivity index (χ1) is 7.54. The summed E-state index contributed by atoms with van der Waals surface area (Å²) in [5, 5.41) is 8.89. The Morgan fingerprint density at radius 2 is 2.38 bits per heavy atom. The van der Waals surface area contributed by atoms with E-state index in [0.717, 1.165) is 31.5 Å².